The fraction of sp³-hybridized carbons (Fsp3) is 0.385. The molecule has 0 fully saturated rings. The molecule has 0 aliphatic rings. The van der Waals surface area contributed by atoms with Gasteiger partial charge in [0.25, 0.3) is 0 Å². The van der Waals surface area contributed by atoms with Gasteiger partial charge >= 0.3 is 0 Å². The summed E-state index contributed by atoms with van der Waals surface area (Å²) in [5.74, 6) is 0. The number of hydrogen-bond donors (Lipinski definition) is 0. The molecule has 0 aliphatic carbocycles. The van der Waals surface area contributed by atoms with Crippen LogP contribution in [0.25, 0.3) is 6.08 Å². The van der Waals surface area contributed by atoms with Crippen molar-refractivity contribution in [3.05, 3.63) is 36.4 Å². The second-order valence-corrected chi connectivity index (χ2v) is 5.74. The molecule has 2 heteroatoms. The highest BCUT2D eigenvalue weighted by atomic mass is 28.2. The predicted molar refractivity (Wildman–Crippen MR) is 70.2 cm³/mol. The second-order valence-electron chi connectivity index (χ2n) is 4.35. The molecule has 1 nitrogen and oxygen atoms in total. The summed E-state index contributed by atoms with van der Waals surface area (Å²) in [4.78, 5) is 0. The van der Waals surface area contributed by atoms with E-state index < -0.39 is 9.76 Å². The normalized spacial score (nSPS) is 12.2. The van der Waals surface area contributed by atoms with Crippen molar-refractivity contribution in [1.29, 1.82) is 0 Å². The Bertz CT molecular complexity index is 314. The highest BCUT2D eigenvalue weighted by Gasteiger charge is 2.14. The van der Waals surface area contributed by atoms with Crippen LogP contribution < -0.4 is 5.19 Å². The second kappa shape index (κ2) is 5.28. The zero-order chi connectivity index (χ0) is 11.3. The maximum atomic E-state index is 5.95. The van der Waals surface area contributed by atoms with Gasteiger partial charge in [-0.2, -0.15) is 0 Å². The average molecular weight is 220 g/mol. The summed E-state index contributed by atoms with van der Waals surface area (Å²) in [6, 6.07) is 8.49. The Morgan fingerprint density at radius 3 is 2.40 bits per heavy atom. The lowest BCUT2D eigenvalue weighted by molar-refractivity contribution is 0.114. The minimum Gasteiger partial charge on any atom is -0.414 e. The summed E-state index contributed by atoms with van der Waals surface area (Å²) in [6.45, 7) is 10.2. The van der Waals surface area contributed by atoms with Crippen molar-refractivity contribution < 1.29 is 4.43 Å². The van der Waals surface area contributed by atoms with Crippen molar-refractivity contribution in [2.45, 2.75) is 32.8 Å². The van der Waals surface area contributed by atoms with Crippen LogP contribution in [0.2, 0.25) is 0 Å². The Balaban J connectivity index is 2.54. The molecule has 0 unspecified atom stereocenters. The third-order valence-electron chi connectivity index (χ3n) is 2.70. The van der Waals surface area contributed by atoms with E-state index in [0.29, 0.717) is 0 Å². The first-order valence-corrected chi connectivity index (χ1v) is 6.71. The molecule has 0 heterocycles. The van der Waals surface area contributed by atoms with Crippen LogP contribution in [0.5, 0.6) is 0 Å². The molecule has 1 aromatic carbocycles. The van der Waals surface area contributed by atoms with Gasteiger partial charge in [0.2, 0.25) is 0 Å². The SMILES string of the molecule is C=Cc1ccc([SiH2]OC(C)(C)CC)cc1. The molecular formula is C13H20OSi. The highest BCUT2D eigenvalue weighted by Crippen LogP contribution is 2.12. The third-order valence-corrected chi connectivity index (χ3v) is 4.43. The number of rotatable bonds is 5. The van der Waals surface area contributed by atoms with Crippen LogP contribution in [0.3, 0.4) is 0 Å². The van der Waals surface area contributed by atoms with Crippen LogP contribution in [-0.2, 0) is 4.43 Å². The van der Waals surface area contributed by atoms with Crippen LogP contribution in [0.4, 0.5) is 0 Å². The van der Waals surface area contributed by atoms with Gasteiger partial charge in [0.1, 0.15) is 0 Å². The maximum absolute atomic E-state index is 5.95. The van der Waals surface area contributed by atoms with Crippen molar-refractivity contribution in [3.63, 3.8) is 0 Å². The molecule has 0 amide bonds. The summed E-state index contributed by atoms with van der Waals surface area (Å²) in [7, 11) is -0.585. The first kappa shape index (κ1) is 12.2. The van der Waals surface area contributed by atoms with Crippen molar-refractivity contribution in [2.75, 3.05) is 0 Å². The molecule has 0 atom stereocenters. The molecule has 0 saturated carbocycles. The Hall–Kier alpha value is -0.863. The summed E-state index contributed by atoms with van der Waals surface area (Å²) < 4.78 is 5.95. The lowest BCUT2D eigenvalue weighted by Crippen LogP contribution is -2.30. The van der Waals surface area contributed by atoms with Gasteiger partial charge in [0.15, 0.2) is 9.76 Å². The highest BCUT2D eigenvalue weighted by molar-refractivity contribution is 6.47. The molecule has 15 heavy (non-hydrogen) atoms. The zero-order valence-electron chi connectivity index (χ0n) is 9.92. The summed E-state index contributed by atoms with van der Waals surface area (Å²) in [5, 5.41) is 1.35. The Morgan fingerprint density at radius 1 is 1.33 bits per heavy atom. The van der Waals surface area contributed by atoms with E-state index in [0.717, 1.165) is 6.42 Å². The summed E-state index contributed by atoms with van der Waals surface area (Å²) in [5.41, 5.74) is 1.20. The molecule has 0 spiro atoms. The van der Waals surface area contributed by atoms with Crippen LogP contribution in [-0.4, -0.2) is 15.4 Å². The van der Waals surface area contributed by atoms with Gasteiger partial charge in [-0.25, -0.2) is 0 Å². The standard InChI is InChI=1S/C13H20OSi/c1-5-11-7-9-12(10-8-11)15-14-13(3,4)6-2/h5,7-10H,1,6,15H2,2-4H3. The van der Waals surface area contributed by atoms with Gasteiger partial charge < -0.3 is 4.43 Å². The van der Waals surface area contributed by atoms with Gasteiger partial charge in [-0.1, -0.05) is 43.8 Å². The molecule has 0 bridgehead atoms. The molecule has 0 radical (unpaired) electrons. The fourth-order valence-corrected chi connectivity index (χ4v) is 2.32. The third kappa shape index (κ3) is 4.02. The molecular weight excluding hydrogens is 200 g/mol. The molecule has 0 N–H and O–H groups in total. The topological polar surface area (TPSA) is 9.23 Å². The van der Waals surface area contributed by atoms with Gasteiger partial charge in [-0.3, -0.25) is 0 Å². The molecule has 82 valence electrons. The minimum absolute atomic E-state index is 0.0311. The minimum atomic E-state index is -0.585. The lowest BCUT2D eigenvalue weighted by Gasteiger charge is -2.24. The van der Waals surface area contributed by atoms with Gasteiger partial charge in [0, 0.05) is 0 Å². The van der Waals surface area contributed by atoms with E-state index in [2.05, 4.69) is 51.6 Å². The largest absolute Gasteiger partial charge is 0.414 e. The van der Waals surface area contributed by atoms with E-state index in [1.54, 1.807) is 0 Å². The van der Waals surface area contributed by atoms with Gasteiger partial charge in [-0.05, 0) is 31.0 Å². The Labute approximate surface area is 95.1 Å². The van der Waals surface area contributed by atoms with Crippen molar-refractivity contribution in [3.8, 4) is 0 Å². The molecule has 0 aromatic heterocycles. The van der Waals surface area contributed by atoms with Crippen molar-refractivity contribution >= 4 is 21.0 Å². The van der Waals surface area contributed by atoms with Crippen LogP contribution in [0, 0.1) is 0 Å². The first-order chi connectivity index (χ1) is 7.07. The van der Waals surface area contributed by atoms with E-state index in [1.807, 2.05) is 6.08 Å². The van der Waals surface area contributed by atoms with Gasteiger partial charge in [-0.15, -0.1) is 0 Å². The van der Waals surface area contributed by atoms with Crippen LogP contribution >= 0.6 is 0 Å². The van der Waals surface area contributed by atoms with E-state index >= 15 is 0 Å². The maximum Gasteiger partial charge on any atom is 0.192 e. The van der Waals surface area contributed by atoms with E-state index in [9.17, 15) is 0 Å². The number of hydrogen-bond acceptors (Lipinski definition) is 1. The van der Waals surface area contributed by atoms with Gasteiger partial charge in [0.05, 0.1) is 5.60 Å². The summed E-state index contributed by atoms with van der Waals surface area (Å²) >= 11 is 0. The zero-order valence-corrected chi connectivity index (χ0v) is 11.3. The number of benzene rings is 1. The fourth-order valence-electron chi connectivity index (χ4n) is 1.13. The predicted octanol–water partition coefficient (Wildman–Crippen LogP) is 2.24. The van der Waals surface area contributed by atoms with Crippen molar-refractivity contribution in [1.82, 2.24) is 0 Å². The van der Waals surface area contributed by atoms with E-state index in [1.165, 1.54) is 10.8 Å². The molecule has 0 saturated heterocycles. The molecule has 1 aromatic rings. The average Bonchev–Trinajstić information content (AvgIpc) is 2.27. The molecule has 0 aliphatic heterocycles. The van der Waals surface area contributed by atoms with Crippen LogP contribution in [0.15, 0.2) is 30.8 Å². The quantitative estimate of drug-likeness (QED) is 0.692. The first-order valence-electron chi connectivity index (χ1n) is 5.43. The van der Waals surface area contributed by atoms with E-state index in [-0.39, 0.29) is 5.60 Å². The van der Waals surface area contributed by atoms with Crippen molar-refractivity contribution in [2.24, 2.45) is 0 Å². The smallest absolute Gasteiger partial charge is 0.192 e. The summed E-state index contributed by atoms with van der Waals surface area (Å²) in [6.07, 6.45) is 2.92. The van der Waals surface area contributed by atoms with E-state index in [4.69, 9.17) is 4.43 Å². The monoisotopic (exact) mass is 220 g/mol. The molecule has 1 rings (SSSR count). The Kier molecular flexibility index (Phi) is 4.30. The lowest BCUT2D eigenvalue weighted by atomic mass is 10.1. The van der Waals surface area contributed by atoms with Crippen LogP contribution in [0.1, 0.15) is 32.8 Å². The Morgan fingerprint density at radius 2 is 1.93 bits per heavy atom.